The van der Waals surface area contributed by atoms with E-state index < -0.39 is 5.82 Å². The Bertz CT molecular complexity index is 558. The molecule has 0 aromatic heterocycles. The van der Waals surface area contributed by atoms with Crippen molar-refractivity contribution in [1.82, 2.24) is 0 Å². The summed E-state index contributed by atoms with van der Waals surface area (Å²) in [6, 6.07) is 11.0. The second-order valence-electron chi connectivity index (χ2n) is 3.90. The van der Waals surface area contributed by atoms with Crippen LogP contribution in [0.1, 0.15) is 5.56 Å². The van der Waals surface area contributed by atoms with E-state index in [1.54, 1.807) is 0 Å². The minimum atomic E-state index is -0.620. The molecule has 0 spiro atoms. The normalized spacial score (nSPS) is 10.3. The Morgan fingerprint density at radius 1 is 1.11 bits per heavy atom. The number of benzene rings is 2. The largest absolute Gasteiger partial charge is 0.397 e. The van der Waals surface area contributed by atoms with Gasteiger partial charge < -0.3 is 16.8 Å². The summed E-state index contributed by atoms with van der Waals surface area (Å²) in [6.45, 7) is 0.461. The molecule has 3 nitrogen and oxygen atoms in total. The molecule has 0 aliphatic rings. The average molecular weight is 266 g/mol. The molecule has 0 amide bonds. The van der Waals surface area contributed by atoms with Crippen LogP contribution in [0.3, 0.4) is 0 Å². The third kappa shape index (κ3) is 2.49. The summed E-state index contributed by atoms with van der Waals surface area (Å²) in [5.41, 5.74) is 12.8. The van der Waals surface area contributed by atoms with Crippen LogP contribution in [0.4, 0.5) is 21.5 Å². The highest BCUT2D eigenvalue weighted by molar-refractivity contribution is 6.33. The van der Waals surface area contributed by atoms with Crippen LogP contribution in [0.2, 0.25) is 5.02 Å². The molecule has 0 aliphatic heterocycles. The van der Waals surface area contributed by atoms with E-state index in [1.807, 2.05) is 30.3 Å². The second kappa shape index (κ2) is 5.14. The Kier molecular flexibility index (Phi) is 3.58. The number of anilines is 3. The van der Waals surface area contributed by atoms with Crippen LogP contribution in [0, 0.1) is 5.82 Å². The van der Waals surface area contributed by atoms with E-state index >= 15 is 0 Å². The van der Waals surface area contributed by atoms with Crippen LogP contribution in [0.5, 0.6) is 0 Å². The topological polar surface area (TPSA) is 64.1 Å². The van der Waals surface area contributed by atoms with E-state index in [4.69, 9.17) is 23.1 Å². The van der Waals surface area contributed by atoms with Gasteiger partial charge in [0.05, 0.1) is 17.1 Å². The third-order valence-corrected chi connectivity index (χ3v) is 2.96. The van der Waals surface area contributed by atoms with Gasteiger partial charge in [0.1, 0.15) is 5.02 Å². The number of hydrogen-bond donors (Lipinski definition) is 3. The van der Waals surface area contributed by atoms with Crippen molar-refractivity contribution < 1.29 is 4.39 Å². The summed E-state index contributed by atoms with van der Waals surface area (Å²) in [4.78, 5) is 0. The number of halogens is 2. The lowest BCUT2D eigenvalue weighted by Gasteiger charge is -2.12. The molecule has 0 unspecified atom stereocenters. The molecule has 0 saturated heterocycles. The van der Waals surface area contributed by atoms with Crippen molar-refractivity contribution in [3.63, 3.8) is 0 Å². The van der Waals surface area contributed by atoms with Gasteiger partial charge in [-0.25, -0.2) is 4.39 Å². The van der Waals surface area contributed by atoms with Gasteiger partial charge in [0, 0.05) is 6.54 Å². The molecule has 0 bridgehead atoms. The number of nitrogens with one attached hydrogen (secondary N) is 1. The van der Waals surface area contributed by atoms with Crippen molar-refractivity contribution in [2.24, 2.45) is 0 Å². The molecule has 0 saturated carbocycles. The summed E-state index contributed by atoms with van der Waals surface area (Å²) >= 11 is 5.74. The Morgan fingerprint density at radius 3 is 2.44 bits per heavy atom. The standard InChI is InChI=1S/C13H13ClFN3/c14-11-9(16)6-10(17)13(12(11)15)18-7-8-4-2-1-3-5-8/h1-6,18H,7,16-17H2. The maximum atomic E-state index is 13.9. The number of hydrogen-bond acceptors (Lipinski definition) is 3. The van der Waals surface area contributed by atoms with E-state index in [0.29, 0.717) is 6.54 Å². The minimum absolute atomic E-state index is 0.111. The van der Waals surface area contributed by atoms with E-state index in [2.05, 4.69) is 5.32 Å². The van der Waals surface area contributed by atoms with E-state index in [1.165, 1.54) is 6.07 Å². The fraction of sp³-hybridized carbons (Fsp3) is 0.0769. The zero-order valence-electron chi connectivity index (χ0n) is 9.58. The molecule has 2 aromatic carbocycles. The van der Waals surface area contributed by atoms with Crippen LogP contribution in [0.25, 0.3) is 0 Å². The molecule has 18 heavy (non-hydrogen) atoms. The zero-order valence-corrected chi connectivity index (χ0v) is 10.3. The SMILES string of the molecule is Nc1cc(N)c(NCc2ccccc2)c(F)c1Cl. The summed E-state index contributed by atoms with van der Waals surface area (Å²) in [7, 11) is 0. The Labute approximate surface area is 110 Å². The smallest absolute Gasteiger partial charge is 0.169 e. The highest BCUT2D eigenvalue weighted by atomic mass is 35.5. The molecular formula is C13H13ClFN3. The number of nitrogen functional groups attached to an aromatic ring is 2. The van der Waals surface area contributed by atoms with Gasteiger partial charge >= 0.3 is 0 Å². The van der Waals surface area contributed by atoms with Crippen molar-refractivity contribution in [1.29, 1.82) is 0 Å². The predicted octanol–water partition coefficient (Wildman–Crippen LogP) is 3.26. The second-order valence-corrected chi connectivity index (χ2v) is 4.28. The van der Waals surface area contributed by atoms with Crippen LogP contribution in [-0.4, -0.2) is 0 Å². The highest BCUT2D eigenvalue weighted by Crippen LogP contribution is 2.33. The van der Waals surface area contributed by atoms with Crippen LogP contribution < -0.4 is 16.8 Å². The van der Waals surface area contributed by atoms with Gasteiger partial charge in [-0.05, 0) is 11.6 Å². The van der Waals surface area contributed by atoms with Crippen molar-refractivity contribution in [3.8, 4) is 0 Å². The number of rotatable bonds is 3. The summed E-state index contributed by atoms with van der Waals surface area (Å²) in [5.74, 6) is -0.620. The van der Waals surface area contributed by atoms with Gasteiger partial charge in [-0.1, -0.05) is 41.9 Å². The van der Waals surface area contributed by atoms with Crippen LogP contribution in [0.15, 0.2) is 36.4 Å². The van der Waals surface area contributed by atoms with E-state index in [9.17, 15) is 4.39 Å². The van der Waals surface area contributed by atoms with Gasteiger partial charge in [0.15, 0.2) is 5.82 Å². The molecule has 2 rings (SSSR count). The summed E-state index contributed by atoms with van der Waals surface area (Å²) in [5, 5.41) is 2.81. The first-order valence-electron chi connectivity index (χ1n) is 5.40. The number of nitrogens with two attached hydrogens (primary N) is 2. The first kappa shape index (κ1) is 12.5. The molecule has 5 heteroatoms. The van der Waals surface area contributed by atoms with Gasteiger partial charge in [0.2, 0.25) is 0 Å². The minimum Gasteiger partial charge on any atom is -0.397 e. The average Bonchev–Trinajstić information content (AvgIpc) is 2.37. The van der Waals surface area contributed by atoms with Crippen LogP contribution in [-0.2, 0) is 6.54 Å². The Hall–Kier alpha value is -1.94. The van der Waals surface area contributed by atoms with Crippen molar-refractivity contribution in [3.05, 3.63) is 52.8 Å². The van der Waals surface area contributed by atoms with Gasteiger partial charge in [-0.3, -0.25) is 0 Å². The summed E-state index contributed by atoms with van der Waals surface area (Å²) < 4.78 is 13.9. The molecule has 0 heterocycles. The molecule has 94 valence electrons. The van der Waals surface area contributed by atoms with Crippen molar-refractivity contribution >= 4 is 28.7 Å². The molecular weight excluding hydrogens is 253 g/mol. The lowest BCUT2D eigenvalue weighted by molar-refractivity contribution is 0.632. The maximum absolute atomic E-state index is 13.9. The lowest BCUT2D eigenvalue weighted by atomic mass is 10.2. The monoisotopic (exact) mass is 265 g/mol. The van der Waals surface area contributed by atoms with Crippen LogP contribution >= 0.6 is 11.6 Å². The molecule has 2 aromatic rings. The zero-order chi connectivity index (χ0) is 13.1. The Balaban J connectivity index is 2.22. The maximum Gasteiger partial charge on any atom is 0.169 e. The molecule has 0 fully saturated rings. The fourth-order valence-corrected chi connectivity index (χ4v) is 1.78. The predicted molar refractivity (Wildman–Crippen MR) is 74.0 cm³/mol. The molecule has 0 atom stereocenters. The van der Waals surface area contributed by atoms with Crippen molar-refractivity contribution in [2.45, 2.75) is 6.54 Å². The van der Waals surface area contributed by atoms with E-state index in [-0.39, 0.29) is 22.1 Å². The molecule has 0 aliphatic carbocycles. The van der Waals surface area contributed by atoms with E-state index in [0.717, 1.165) is 5.56 Å². The third-order valence-electron chi connectivity index (χ3n) is 2.58. The fourth-order valence-electron chi connectivity index (χ4n) is 1.63. The summed E-state index contributed by atoms with van der Waals surface area (Å²) in [6.07, 6.45) is 0. The highest BCUT2D eigenvalue weighted by Gasteiger charge is 2.13. The first-order valence-corrected chi connectivity index (χ1v) is 5.78. The Morgan fingerprint density at radius 2 is 1.78 bits per heavy atom. The van der Waals surface area contributed by atoms with Gasteiger partial charge in [-0.15, -0.1) is 0 Å². The quantitative estimate of drug-likeness (QED) is 0.747. The molecule has 0 radical (unpaired) electrons. The van der Waals surface area contributed by atoms with Gasteiger partial charge in [0.25, 0.3) is 0 Å². The van der Waals surface area contributed by atoms with Gasteiger partial charge in [-0.2, -0.15) is 0 Å². The lowest BCUT2D eigenvalue weighted by Crippen LogP contribution is -2.06. The molecule has 5 N–H and O–H groups in total. The van der Waals surface area contributed by atoms with Crippen molar-refractivity contribution in [2.75, 3.05) is 16.8 Å². The first-order chi connectivity index (χ1) is 8.59.